The van der Waals surface area contributed by atoms with Gasteiger partial charge in [0.05, 0.1) is 22.5 Å². The molecule has 1 aromatic carbocycles. The van der Waals surface area contributed by atoms with Crippen LogP contribution in [0.5, 0.6) is 5.75 Å². The number of aliphatic hydroxyl groups excluding tert-OH is 1. The van der Waals surface area contributed by atoms with E-state index in [9.17, 15) is 5.11 Å². The average Bonchev–Trinajstić information content (AvgIpc) is 3.56. The molecule has 0 amide bonds. The third-order valence-electron chi connectivity index (χ3n) is 6.91. The van der Waals surface area contributed by atoms with Crippen LogP contribution in [0.15, 0.2) is 53.6 Å². The van der Waals surface area contributed by atoms with Gasteiger partial charge in [0.25, 0.3) is 0 Å². The first-order chi connectivity index (χ1) is 16.6. The number of fused-ring (bicyclic) bond motifs is 1. The highest BCUT2D eigenvalue weighted by Crippen LogP contribution is 2.35. The fraction of sp³-hybridized carbons (Fsp3) is 0.464. The van der Waals surface area contributed by atoms with E-state index in [-0.39, 0.29) is 6.61 Å². The summed E-state index contributed by atoms with van der Waals surface area (Å²) < 4.78 is 6.00. The van der Waals surface area contributed by atoms with E-state index in [2.05, 4.69) is 50.4 Å². The van der Waals surface area contributed by atoms with Gasteiger partial charge < -0.3 is 24.5 Å². The van der Waals surface area contributed by atoms with Crippen molar-refractivity contribution in [1.82, 2.24) is 14.8 Å². The molecule has 2 saturated heterocycles. The van der Waals surface area contributed by atoms with Crippen LogP contribution in [0.4, 0.5) is 5.69 Å². The quantitative estimate of drug-likeness (QED) is 0.609. The van der Waals surface area contributed by atoms with Crippen molar-refractivity contribution in [3.63, 3.8) is 0 Å². The van der Waals surface area contributed by atoms with Gasteiger partial charge in [0.2, 0.25) is 0 Å². The van der Waals surface area contributed by atoms with E-state index < -0.39 is 0 Å². The number of aromatic nitrogens is 1. The van der Waals surface area contributed by atoms with Crippen LogP contribution in [0.2, 0.25) is 0 Å². The minimum atomic E-state index is 0.233. The second-order valence-corrected chi connectivity index (χ2v) is 9.72. The Morgan fingerprint density at radius 3 is 2.65 bits per heavy atom. The highest BCUT2D eigenvalue weighted by molar-refractivity contribution is 5.95. The van der Waals surface area contributed by atoms with Gasteiger partial charge in [0, 0.05) is 62.4 Å². The number of hydrogen-bond donors (Lipinski definition) is 1. The third kappa shape index (κ3) is 4.91. The molecule has 0 bridgehead atoms. The van der Waals surface area contributed by atoms with E-state index in [0.717, 1.165) is 78.4 Å². The lowest BCUT2D eigenvalue weighted by Crippen LogP contribution is -2.21. The van der Waals surface area contributed by atoms with Crippen LogP contribution in [0.25, 0.3) is 16.5 Å². The van der Waals surface area contributed by atoms with Crippen molar-refractivity contribution in [3.05, 3.63) is 59.3 Å². The van der Waals surface area contributed by atoms with Crippen molar-refractivity contribution in [2.75, 3.05) is 64.9 Å². The molecule has 6 heteroatoms. The smallest absolute Gasteiger partial charge is 0.121 e. The molecule has 0 spiro atoms. The number of rotatable bonds is 8. The number of nitrogens with zero attached hydrogens (tertiary/aromatic N) is 4. The Morgan fingerprint density at radius 2 is 1.94 bits per heavy atom. The van der Waals surface area contributed by atoms with Gasteiger partial charge in [-0.25, -0.2) is 4.98 Å². The number of anilines is 1. The first-order valence-electron chi connectivity index (χ1n) is 12.4. The Morgan fingerprint density at radius 1 is 1.09 bits per heavy atom. The third-order valence-corrected chi connectivity index (χ3v) is 6.91. The summed E-state index contributed by atoms with van der Waals surface area (Å²) in [6.45, 7) is 5.72. The Kier molecular flexibility index (Phi) is 6.75. The Labute approximate surface area is 202 Å². The standard InChI is InChI=1S/C28H34N4O2/c1-30(2)15-16-34-24-9-10-25-27(17-24)29-26(18-28(25)32-14-11-21(19-32)20-33)22-5-7-23(8-6-22)31-12-3-4-13-31/h5,7,9-10,17-18,21,33H,3-4,11-16,19-20H2,1-2H3. The van der Waals surface area contributed by atoms with Crippen LogP contribution < -0.4 is 9.64 Å². The number of hydrogen-bond acceptors (Lipinski definition) is 6. The van der Waals surface area contributed by atoms with Gasteiger partial charge in [-0.3, -0.25) is 0 Å². The van der Waals surface area contributed by atoms with Crippen molar-refractivity contribution >= 4 is 22.2 Å². The van der Waals surface area contributed by atoms with E-state index >= 15 is 0 Å². The maximum atomic E-state index is 9.68. The monoisotopic (exact) mass is 458 g/mol. The number of benzene rings is 1. The van der Waals surface area contributed by atoms with Crippen LogP contribution in [-0.4, -0.2) is 79.9 Å². The fourth-order valence-electron chi connectivity index (χ4n) is 4.89. The number of likely N-dealkylation sites (tertiary alicyclic amines) is 1. The molecule has 2 aliphatic heterocycles. The molecule has 6 nitrogen and oxygen atoms in total. The zero-order valence-corrected chi connectivity index (χ0v) is 20.3. The molecule has 1 aliphatic carbocycles. The summed E-state index contributed by atoms with van der Waals surface area (Å²) in [6, 6.07) is 8.36. The second-order valence-electron chi connectivity index (χ2n) is 9.72. The molecule has 178 valence electrons. The molecule has 3 aliphatic rings. The van der Waals surface area contributed by atoms with Crippen molar-refractivity contribution < 1.29 is 9.84 Å². The summed E-state index contributed by atoms with van der Waals surface area (Å²) in [7, 11) is 4.09. The number of aliphatic hydroxyl groups is 1. The molecule has 1 atom stereocenters. The topological polar surface area (TPSA) is 52.1 Å². The molecule has 1 N–H and O–H groups in total. The predicted molar refractivity (Wildman–Crippen MR) is 137 cm³/mol. The summed E-state index contributed by atoms with van der Waals surface area (Å²) in [6.07, 6.45) is 7.75. The molecule has 1 aromatic heterocycles. The molecule has 5 rings (SSSR count). The SMILES string of the molecule is CN(C)CCOc1ccc2c(N3CCC(CO)C3)cc(C3=C=C=C(N4CCCC4)C=C3)nc2c1. The van der Waals surface area contributed by atoms with E-state index in [0.29, 0.717) is 12.5 Å². The normalized spacial score (nSPS) is 19.9. The van der Waals surface area contributed by atoms with Crippen LogP contribution in [0, 0.1) is 5.92 Å². The van der Waals surface area contributed by atoms with Crippen LogP contribution in [0.3, 0.4) is 0 Å². The lowest BCUT2D eigenvalue weighted by atomic mass is 10.1. The van der Waals surface area contributed by atoms with E-state index in [1.807, 2.05) is 26.2 Å². The highest BCUT2D eigenvalue weighted by atomic mass is 16.5. The summed E-state index contributed by atoms with van der Waals surface area (Å²) in [5.41, 5.74) is 11.8. The minimum Gasteiger partial charge on any atom is -0.492 e. The van der Waals surface area contributed by atoms with E-state index in [1.54, 1.807) is 0 Å². The summed E-state index contributed by atoms with van der Waals surface area (Å²) in [4.78, 5) is 11.9. The summed E-state index contributed by atoms with van der Waals surface area (Å²) >= 11 is 0. The molecule has 1 unspecified atom stereocenters. The minimum absolute atomic E-state index is 0.233. The van der Waals surface area contributed by atoms with Gasteiger partial charge in [-0.1, -0.05) is 5.73 Å². The predicted octanol–water partition coefficient (Wildman–Crippen LogP) is 3.68. The van der Waals surface area contributed by atoms with Crippen LogP contribution >= 0.6 is 0 Å². The van der Waals surface area contributed by atoms with Gasteiger partial charge in [0.15, 0.2) is 0 Å². The van der Waals surface area contributed by atoms with Crippen LogP contribution in [-0.2, 0) is 0 Å². The first-order valence-corrected chi connectivity index (χ1v) is 12.4. The van der Waals surface area contributed by atoms with Crippen LogP contribution in [0.1, 0.15) is 25.0 Å². The maximum absolute atomic E-state index is 9.68. The molecular formula is C28H34N4O2. The maximum Gasteiger partial charge on any atom is 0.121 e. The summed E-state index contributed by atoms with van der Waals surface area (Å²) in [5.74, 6) is 1.15. The zero-order valence-electron chi connectivity index (χ0n) is 20.3. The largest absolute Gasteiger partial charge is 0.492 e. The number of allylic oxidation sites excluding steroid dienone is 3. The highest BCUT2D eigenvalue weighted by Gasteiger charge is 2.24. The van der Waals surface area contributed by atoms with Gasteiger partial charge in [-0.15, -0.1) is 0 Å². The molecule has 2 aromatic rings. The van der Waals surface area contributed by atoms with E-state index in [1.165, 1.54) is 12.8 Å². The molecule has 3 heterocycles. The lowest BCUT2D eigenvalue weighted by molar-refractivity contribution is 0.238. The zero-order chi connectivity index (χ0) is 23.5. The molecule has 34 heavy (non-hydrogen) atoms. The average molecular weight is 459 g/mol. The number of likely N-dealkylation sites (N-methyl/N-ethyl adjacent to an activating group) is 1. The molecule has 2 fully saturated rings. The number of ether oxygens (including phenoxy) is 1. The van der Waals surface area contributed by atoms with Gasteiger partial charge >= 0.3 is 0 Å². The first kappa shape index (κ1) is 22.8. The van der Waals surface area contributed by atoms with Gasteiger partial charge in [0.1, 0.15) is 12.4 Å². The van der Waals surface area contributed by atoms with Crippen molar-refractivity contribution in [1.29, 1.82) is 0 Å². The van der Waals surface area contributed by atoms with Gasteiger partial charge in [-0.05, 0) is 69.4 Å². The molecular weight excluding hydrogens is 424 g/mol. The second kappa shape index (κ2) is 10.1. The van der Waals surface area contributed by atoms with Crippen molar-refractivity contribution in [3.8, 4) is 5.75 Å². The molecule has 0 radical (unpaired) electrons. The van der Waals surface area contributed by atoms with E-state index in [4.69, 9.17) is 9.72 Å². The Bertz CT molecular complexity index is 1180. The Balaban J connectivity index is 1.53. The van der Waals surface area contributed by atoms with Crippen molar-refractivity contribution in [2.45, 2.75) is 19.3 Å². The molecule has 0 saturated carbocycles. The van der Waals surface area contributed by atoms with Crippen molar-refractivity contribution in [2.24, 2.45) is 5.92 Å². The lowest BCUT2D eigenvalue weighted by Gasteiger charge is -2.22. The number of pyridine rings is 1. The fourth-order valence-corrected chi connectivity index (χ4v) is 4.89. The Hall–Kier alpha value is -3.01. The van der Waals surface area contributed by atoms with Gasteiger partial charge in [-0.2, -0.15) is 0 Å². The summed E-state index contributed by atoms with van der Waals surface area (Å²) in [5, 5.41) is 10.8.